The molecule has 4 rings (SSSR count). The maximum absolute atomic E-state index is 12.8. The first-order chi connectivity index (χ1) is 12.4. The second-order valence-corrected chi connectivity index (χ2v) is 8.38. The predicted molar refractivity (Wildman–Crippen MR) is 100 cm³/mol. The molecule has 2 fully saturated rings. The van der Waals surface area contributed by atoms with Crippen LogP contribution in [-0.2, 0) is 11.3 Å². The van der Waals surface area contributed by atoms with Gasteiger partial charge in [-0.05, 0) is 49.8 Å². The lowest BCUT2D eigenvalue weighted by Crippen LogP contribution is -2.58. The first-order valence-electron chi connectivity index (χ1n) is 9.58. The molecule has 0 radical (unpaired) electrons. The minimum Gasteiger partial charge on any atom is -0.388 e. The van der Waals surface area contributed by atoms with E-state index in [0.29, 0.717) is 19.4 Å². The van der Waals surface area contributed by atoms with Crippen LogP contribution in [0.3, 0.4) is 0 Å². The van der Waals surface area contributed by atoms with Crippen molar-refractivity contribution < 1.29 is 9.90 Å². The normalized spacial score (nSPS) is 29.5. The monoisotopic (exact) mass is 356 g/mol. The number of nitrogens with two attached hydrogens (primary N) is 1. The van der Waals surface area contributed by atoms with Gasteiger partial charge in [-0.25, -0.2) is 0 Å². The molecule has 4 heterocycles. The number of carbonyl (C=O) groups is 1. The molecule has 3 atom stereocenters. The highest BCUT2D eigenvalue weighted by molar-refractivity contribution is 5.83. The minimum atomic E-state index is -0.799. The number of piperidine rings is 1. The molecule has 0 unspecified atom stereocenters. The number of amides is 1. The van der Waals surface area contributed by atoms with Gasteiger partial charge in [0.05, 0.1) is 29.2 Å². The highest BCUT2D eigenvalue weighted by Gasteiger charge is 2.50. The zero-order chi connectivity index (χ0) is 18.5. The van der Waals surface area contributed by atoms with Crippen LogP contribution < -0.4 is 5.73 Å². The van der Waals surface area contributed by atoms with Crippen molar-refractivity contribution in [1.82, 2.24) is 14.5 Å². The van der Waals surface area contributed by atoms with Gasteiger partial charge >= 0.3 is 0 Å². The number of fused-ring (bicyclic) bond motifs is 3. The molecule has 0 aromatic carbocycles. The fourth-order valence-corrected chi connectivity index (χ4v) is 4.74. The summed E-state index contributed by atoms with van der Waals surface area (Å²) < 4.78 is 2.08. The Morgan fingerprint density at radius 3 is 2.69 bits per heavy atom. The maximum Gasteiger partial charge on any atom is 0.240 e. The smallest absolute Gasteiger partial charge is 0.240 e. The second-order valence-electron chi connectivity index (χ2n) is 8.38. The Balaban J connectivity index is 1.53. The van der Waals surface area contributed by atoms with Crippen molar-refractivity contribution in [2.45, 2.75) is 69.8 Å². The fraction of sp³-hybridized carbons (Fsp3) is 0.600. The number of carbonyl (C=O) groups excluding carboxylic acids is 1. The molecule has 3 N–H and O–H groups in total. The molecule has 2 aliphatic heterocycles. The Bertz CT molecular complexity index is 801. The molecule has 0 spiro atoms. The molecule has 2 bridgehead atoms. The van der Waals surface area contributed by atoms with Gasteiger partial charge in [0, 0.05) is 24.5 Å². The molecule has 1 amide bonds. The van der Waals surface area contributed by atoms with Gasteiger partial charge in [-0.1, -0.05) is 13.8 Å². The van der Waals surface area contributed by atoms with E-state index < -0.39 is 11.6 Å². The van der Waals surface area contributed by atoms with Crippen LogP contribution in [0, 0.1) is 5.92 Å². The molecule has 6 nitrogen and oxygen atoms in total. The zero-order valence-electron chi connectivity index (χ0n) is 15.5. The Hall–Kier alpha value is -1.92. The van der Waals surface area contributed by atoms with Gasteiger partial charge in [0.2, 0.25) is 5.91 Å². The summed E-state index contributed by atoms with van der Waals surface area (Å²) in [5.74, 6) is 0.173. The summed E-state index contributed by atoms with van der Waals surface area (Å²) in [6.07, 6.45) is 6.91. The fourth-order valence-electron chi connectivity index (χ4n) is 4.74. The topological polar surface area (TPSA) is 84.4 Å². The van der Waals surface area contributed by atoms with Gasteiger partial charge in [0.25, 0.3) is 0 Å². The summed E-state index contributed by atoms with van der Waals surface area (Å²) in [5.41, 5.74) is 7.29. The van der Waals surface area contributed by atoms with Gasteiger partial charge in [-0.15, -0.1) is 0 Å². The van der Waals surface area contributed by atoms with Crippen molar-refractivity contribution in [3.63, 3.8) is 0 Å². The molecular weight excluding hydrogens is 328 g/mol. The molecule has 0 saturated carbocycles. The number of hydrogen-bond donors (Lipinski definition) is 2. The molecule has 6 heteroatoms. The van der Waals surface area contributed by atoms with Crippen LogP contribution in [0.1, 0.15) is 39.5 Å². The van der Waals surface area contributed by atoms with Crippen molar-refractivity contribution in [2.75, 3.05) is 0 Å². The standard InChI is InChI=1S/C20H28N4O2/c1-13(2)18(21)19(25)24-14-5-6-15(24)11-20(26,10-14)12-23-9-7-16-17(23)4-3-8-22-16/h3-4,7-9,13-15,18,26H,5-6,10-12,21H2,1-2H3/t14-,15-,18-/m0/s1. The van der Waals surface area contributed by atoms with E-state index in [2.05, 4.69) is 9.55 Å². The molecule has 2 aromatic heterocycles. The van der Waals surface area contributed by atoms with E-state index in [9.17, 15) is 9.90 Å². The number of pyridine rings is 1. The van der Waals surface area contributed by atoms with Gasteiger partial charge in [0.1, 0.15) is 0 Å². The van der Waals surface area contributed by atoms with Crippen LogP contribution in [0.2, 0.25) is 0 Å². The summed E-state index contributed by atoms with van der Waals surface area (Å²) in [4.78, 5) is 19.2. The van der Waals surface area contributed by atoms with E-state index >= 15 is 0 Å². The maximum atomic E-state index is 12.8. The van der Waals surface area contributed by atoms with Crippen LogP contribution in [0.15, 0.2) is 30.6 Å². The van der Waals surface area contributed by atoms with Crippen molar-refractivity contribution in [3.05, 3.63) is 30.6 Å². The second kappa shape index (κ2) is 6.35. The van der Waals surface area contributed by atoms with Crippen LogP contribution in [0.25, 0.3) is 11.0 Å². The lowest BCUT2D eigenvalue weighted by atomic mass is 9.85. The highest BCUT2D eigenvalue weighted by atomic mass is 16.3. The van der Waals surface area contributed by atoms with Gasteiger partial charge in [-0.2, -0.15) is 0 Å². The number of nitrogens with zero attached hydrogens (tertiary/aromatic N) is 3. The molecule has 2 aliphatic rings. The van der Waals surface area contributed by atoms with Crippen LogP contribution in [-0.4, -0.2) is 49.2 Å². The van der Waals surface area contributed by atoms with Crippen molar-refractivity contribution >= 4 is 16.9 Å². The van der Waals surface area contributed by atoms with E-state index in [1.165, 1.54) is 0 Å². The Morgan fingerprint density at radius 2 is 2.04 bits per heavy atom. The average molecular weight is 356 g/mol. The van der Waals surface area contributed by atoms with E-state index in [1.807, 2.05) is 43.1 Å². The Morgan fingerprint density at radius 1 is 1.35 bits per heavy atom. The summed E-state index contributed by atoms with van der Waals surface area (Å²) in [5, 5.41) is 11.3. The van der Waals surface area contributed by atoms with E-state index in [4.69, 9.17) is 5.73 Å². The van der Waals surface area contributed by atoms with Crippen molar-refractivity contribution in [2.24, 2.45) is 11.7 Å². The van der Waals surface area contributed by atoms with Gasteiger partial charge in [-0.3, -0.25) is 9.78 Å². The summed E-state index contributed by atoms with van der Waals surface area (Å²) in [6.45, 7) is 4.50. The van der Waals surface area contributed by atoms with Gasteiger partial charge in [0.15, 0.2) is 0 Å². The number of hydrogen-bond acceptors (Lipinski definition) is 4. The van der Waals surface area contributed by atoms with Crippen molar-refractivity contribution in [1.29, 1.82) is 0 Å². The third-order valence-electron chi connectivity index (χ3n) is 6.11. The first-order valence-corrected chi connectivity index (χ1v) is 9.58. The largest absolute Gasteiger partial charge is 0.388 e. The van der Waals surface area contributed by atoms with E-state index in [0.717, 1.165) is 23.9 Å². The number of aromatic nitrogens is 2. The zero-order valence-corrected chi connectivity index (χ0v) is 15.5. The third kappa shape index (κ3) is 2.91. The number of rotatable bonds is 4. The van der Waals surface area contributed by atoms with E-state index in [1.54, 1.807) is 6.20 Å². The Kier molecular flexibility index (Phi) is 4.28. The third-order valence-corrected chi connectivity index (χ3v) is 6.11. The first kappa shape index (κ1) is 17.5. The lowest BCUT2D eigenvalue weighted by molar-refractivity contribution is -0.144. The molecule has 0 aliphatic carbocycles. The summed E-state index contributed by atoms with van der Waals surface area (Å²) >= 11 is 0. The molecule has 140 valence electrons. The molecular formula is C20H28N4O2. The molecule has 2 aromatic rings. The Labute approximate surface area is 154 Å². The number of aliphatic hydroxyl groups is 1. The van der Waals surface area contributed by atoms with Gasteiger partial charge < -0.3 is 20.3 Å². The van der Waals surface area contributed by atoms with Crippen LogP contribution in [0.5, 0.6) is 0 Å². The average Bonchev–Trinajstić information content (AvgIpc) is 3.13. The minimum absolute atomic E-state index is 0.0464. The van der Waals surface area contributed by atoms with Crippen molar-refractivity contribution in [3.8, 4) is 0 Å². The predicted octanol–water partition coefficient (Wildman–Crippen LogP) is 1.90. The summed E-state index contributed by atoms with van der Waals surface area (Å²) in [6, 6.07) is 5.66. The summed E-state index contributed by atoms with van der Waals surface area (Å²) in [7, 11) is 0. The van der Waals surface area contributed by atoms with E-state index in [-0.39, 0.29) is 23.9 Å². The quantitative estimate of drug-likeness (QED) is 0.876. The van der Waals surface area contributed by atoms with Crippen LogP contribution >= 0.6 is 0 Å². The SMILES string of the molecule is CC(C)[C@H](N)C(=O)N1[C@H]2CC[C@H]1CC(O)(Cn1ccc3ncccc31)C2. The highest BCUT2D eigenvalue weighted by Crippen LogP contribution is 2.42. The molecule has 2 saturated heterocycles. The molecule has 26 heavy (non-hydrogen) atoms. The van der Waals surface area contributed by atoms with Crippen LogP contribution in [0.4, 0.5) is 0 Å². The lowest BCUT2D eigenvalue weighted by Gasteiger charge is -2.45.